The average molecular weight is 258 g/mol. The number of ketones is 1. The fourth-order valence-electron chi connectivity index (χ4n) is 1.79. The first-order valence-electron chi connectivity index (χ1n) is 5.96. The second-order valence-corrected chi connectivity index (χ2v) is 4.87. The lowest BCUT2D eigenvalue weighted by Crippen LogP contribution is -2.29. The van der Waals surface area contributed by atoms with Crippen molar-refractivity contribution in [2.75, 3.05) is 6.54 Å². The van der Waals surface area contributed by atoms with Gasteiger partial charge in [0.25, 0.3) is 0 Å². The van der Waals surface area contributed by atoms with Crippen LogP contribution in [0.2, 0.25) is 5.02 Å². The van der Waals surface area contributed by atoms with Crippen LogP contribution in [0.4, 0.5) is 0 Å². The van der Waals surface area contributed by atoms with Crippen LogP contribution in [0.3, 0.4) is 0 Å². The molecule has 1 atom stereocenters. The summed E-state index contributed by atoms with van der Waals surface area (Å²) in [5.74, 6) is 0.0367. The highest BCUT2D eigenvalue weighted by Crippen LogP contribution is 2.20. The standard InChI is InChI=1S/C12H20ClN3O/c1-5-14-9(4)6-11(17)12-10(13)7-15-16(12)8(2)3/h7-9,14H,5-6H2,1-4H3. The number of Topliss-reactive ketones (excluding diaryl/α,β-unsaturated/α-hetero) is 1. The normalized spacial score (nSPS) is 13.1. The van der Waals surface area contributed by atoms with Gasteiger partial charge in [-0.3, -0.25) is 9.48 Å². The molecule has 0 aliphatic carbocycles. The Morgan fingerprint density at radius 3 is 2.71 bits per heavy atom. The second kappa shape index (κ2) is 6.17. The van der Waals surface area contributed by atoms with Gasteiger partial charge in [-0.25, -0.2) is 0 Å². The third kappa shape index (κ3) is 3.54. The fourth-order valence-corrected chi connectivity index (χ4v) is 2.02. The van der Waals surface area contributed by atoms with Gasteiger partial charge in [0.05, 0.1) is 11.2 Å². The van der Waals surface area contributed by atoms with E-state index >= 15 is 0 Å². The zero-order chi connectivity index (χ0) is 13.0. The van der Waals surface area contributed by atoms with Crippen molar-refractivity contribution in [1.82, 2.24) is 15.1 Å². The van der Waals surface area contributed by atoms with Crippen molar-refractivity contribution >= 4 is 17.4 Å². The average Bonchev–Trinajstić information content (AvgIpc) is 2.60. The van der Waals surface area contributed by atoms with Crippen molar-refractivity contribution in [1.29, 1.82) is 0 Å². The van der Waals surface area contributed by atoms with Gasteiger partial charge in [-0.2, -0.15) is 5.10 Å². The van der Waals surface area contributed by atoms with E-state index in [-0.39, 0.29) is 17.9 Å². The molecule has 0 aliphatic heterocycles. The highest BCUT2D eigenvalue weighted by Gasteiger charge is 2.20. The summed E-state index contributed by atoms with van der Waals surface area (Å²) in [4.78, 5) is 12.2. The molecule has 0 radical (unpaired) electrons. The van der Waals surface area contributed by atoms with Crippen LogP contribution in [-0.4, -0.2) is 28.2 Å². The number of rotatable bonds is 6. The van der Waals surface area contributed by atoms with Crippen LogP contribution >= 0.6 is 11.6 Å². The van der Waals surface area contributed by atoms with Gasteiger partial charge in [-0.05, 0) is 27.3 Å². The van der Waals surface area contributed by atoms with Crippen LogP contribution in [0.1, 0.15) is 50.6 Å². The van der Waals surface area contributed by atoms with E-state index in [9.17, 15) is 4.79 Å². The molecule has 1 N–H and O–H groups in total. The Morgan fingerprint density at radius 2 is 2.18 bits per heavy atom. The number of carbonyl (C=O) groups excluding carboxylic acids is 1. The van der Waals surface area contributed by atoms with Gasteiger partial charge in [0.15, 0.2) is 5.78 Å². The Labute approximate surface area is 107 Å². The molecule has 1 unspecified atom stereocenters. The van der Waals surface area contributed by atoms with Crippen LogP contribution in [-0.2, 0) is 0 Å². The predicted octanol–water partition coefficient (Wildman–Crippen LogP) is 2.69. The molecule has 1 heterocycles. The van der Waals surface area contributed by atoms with Crippen LogP contribution in [0.5, 0.6) is 0 Å². The van der Waals surface area contributed by atoms with E-state index in [1.165, 1.54) is 6.20 Å². The van der Waals surface area contributed by atoms with Gasteiger partial charge in [-0.15, -0.1) is 0 Å². The molecule has 1 aromatic heterocycles. The minimum absolute atomic E-state index is 0.0367. The number of nitrogens with zero attached hydrogens (tertiary/aromatic N) is 2. The van der Waals surface area contributed by atoms with E-state index in [1.54, 1.807) is 4.68 Å². The molecule has 5 heteroatoms. The minimum atomic E-state index is 0.0367. The van der Waals surface area contributed by atoms with Gasteiger partial charge in [0.1, 0.15) is 5.69 Å². The van der Waals surface area contributed by atoms with E-state index < -0.39 is 0 Å². The molecule has 17 heavy (non-hydrogen) atoms. The summed E-state index contributed by atoms with van der Waals surface area (Å²) in [6, 6.07) is 0.287. The van der Waals surface area contributed by atoms with Crippen molar-refractivity contribution in [2.45, 2.75) is 46.2 Å². The van der Waals surface area contributed by atoms with E-state index in [0.717, 1.165) is 6.54 Å². The summed E-state index contributed by atoms with van der Waals surface area (Å²) in [6.45, 7) is 8.82. The molecule has 0 aromatic carbocycles. The van der Waals surface area contributed by atoms with Crippen LogP contribution in [0.25, 0.3) is 0 Å². The molecule has 0 fully saturated rings. The number of halogens is 1. The molecule has 0 aliphatic rings. The molecule has 0 saturated carbocycles. The summed E-state index contributed by atoms with van der Waals surface area (Å²) in [7, 11) is 0. The van der Waals surface area contributed by atoms with Crippen molar-refractivity contribution < 1.29 is 4.79 Å². The van der Waals surface area contributed by atoms with Gasteiger partial charge in [0, 0.05) is 18.5 Å². The zero-order valence-electron chi connectivity index (χ0n) is 10.8. The minimum Gasteiger partial charge on any atom is -0.314 e. The summed E-state index contributed by atoms with van der Waals surface area (Å²) in [5, 5.41) is 7.78. The lowest BCUT2D eigenvalue weighted by molar-refractivity contribution is 0.0959. The summed E-state index contributed by atoms with van der Waals surface area (Å²) in [6.07, 6.45) is 1.97. The Hall–Kier alpha value is -0.870. The van der Waals surface area contributed by atoms with Gasteiger partial charge < -0.3 is 5.32 Å². The quantitative estimate of drug-likeness (QED) is 0.797. The van der Waals surface area contributed by atoms with Crippen LogP contribution in [0, 0.1) is 0 Å². The molecule has 0 saturated heterocycles. The predicted molar refractivity (Wildman–Crippen MR) is 69.7 cm³/mol. The van der Waals surface area contributed by atoms with E-state index in [1.807, 2.05) is 27.7 Å². The Balaban J connectivity index is 2.84. The lowest BCUT2D eigenvalue weighted by atomic mass is 10.1. The molecule has 4 nitrogen and oxygen atoms in total. The Bertz CT molecular complexity index is 387. The van der Waals surface area contributed by atoms with Crippen molar-refractivity contribution in [3.8, 4) is 0 Å². The van der Waals surface area contributed by atoms with E-state index in [0.29, 0.717) is 17.1 Å². The van der Waals surface area contributed by atoms with Crippen LogP contribution in [0.15, 0.2) is 6.20 Å². The molecule has 1 aromatic rings. The summed E-state index contributed by atoms with van der Waals surface area (Å²) < 4.78 is 1.68. The molecular weight excluding hydrogens is 238 g/mol. The first-order valence-corrected chi connectivity index (χ1v) is 6.34. The van der Waals surface area contributed by atoms with Gasteiger partial charge in [0.2, 0.25) is 0 Å². The maximum atomic E-state index is 12.2. The monoisotopic (exact) mass is 257 g/mol. The van der Waals surface area contributed by atoms with Crippen LogP contribution < -0.4 is 5.32 Å². The Morgan fingerprint density at radius 1 is 1.53 bits per heavy atom. The topological polar surface area (TPSA) is 46.9 Å². The maximum Gasteiger partial charge on any atom is 0.183 e. The largest absolute Gasteiger partial charge is 0.314 e. The molecule has 96 valence electrons. The van der Waals surface area contributed by atoms with E-state index in [2.05, 4.69) is 10.4 Å². The second-order valence-electron chi connectivity index (χ2n) is 4.47. The molecule has 0 spiro atoms. The molecule has 0 bridgehead atoms. The third-order valence-electron chi connectivity index (χ3n) is 2.55. The summed E-state index contributed by atoms with van der Waals surface area (Å²) >= 11 is 6.02. The number of hydrogen-bond donors (Lipinski definition) is 1. The fraction of sp³-hybridized carbons (Fsp3) is 0.667. The first-order chi connectivity index (χ1) is 7.97. The van der Waals surface area contributed by atoms with Crippen molar-refractivity contribution in [3.05, 3.63) is 16.9 Å². The van der Waals surface area contributed by atoms with Crippen molar-refractivity contribution in [3.63, 3.8) is 0 Å². The molecule has 0 amide bonds. The SMILES string of the molecule is CCNC(C)CC(=O)c1c(Cl)cnn1C(C)C. The van der Waals surface area contributed by atoms with Gasteiger partial charge >= 0.3 is 0 Å². The molecule has 1 rings (SSSR count). The summed E-state index contributed by atoms with van der Waals surface area (Å²) in [5.41, 5.74) is 0.520. The Kier molecular flexibility index (Phi) is 5.15. The third-order valence-corrected chi connectivity index (χ3v) is 2.82. The highest BCUT2D eigenvalue weighted by molar-refractivity contribution is 6.33. The number of carbonyl (C=O) groups is 1. The zero-order valence-corrected chi connectivity index (χ0v) is 11.6. The first kappa shape index (κ1) is 14.2. The van der Waals surface area contributed by atoms with Gasteiger partial charge in [-0.1, -0.05) is 18.5 Å². The lowest BCUT2D eigenvalue weighted by Gasteiger charge is -2.14. The molecular formula is C12H20ClN3O. The number of aromatic nitrogens is 2. The number of hydrogen-bond acceptors (Lipinski definition) is 3. The highest BCUT2D eigenvalue weighted by atomic mass is 35.5. The number of nitrogens with one attached hydrogen (secondary N) is 1. The van der Waals surface area contributed by atoms with E-state index in [4.69, 9.17) is 11.6 Å². The smallest absolute Gasteiger partial charge is 0.183 e. The maximum absolute atomic E-state index is 12.2. The van der Waals surface area contributed by atoms with Crippen molar-refractivity contribution in [2.24, 2.45) is 0 Å².